The van der Waals surface area contributed by atoms with Gasteiger partial charge in [-0.25, -0.2) is 19.3 Å². The molecule has 0 bridgehead atoms. The first-order valence-electron chi connectivity index (χ1n) is 8.51. The van der Waals surface area contributed by atoms with Gasteiger partial charge in [0, 0.05) is 25.4 Å². The van der Waals surface area contributed by atoms with E-state index in [1.54, 1.807) is 23.2 Å². The molecule has 1 amide bonds. The Hall–Kier alpha value is -3.49. The number of carbonyl (C=O) groups is 1. The van der Waals surface area contributed by atoms with Crippen LogP contribution in [0.3, 0.4) is 0 Å². The van der Waals surface area contributed by atoms with Crippen LogP contribution in [0.15, 0.2) is 47.2 Å². The zero-order valence-corrected chi connectivity index (χ0v) is 15.1. The molecule has 2 aromatic rings. The molecule has 28 heavy (non-hydrogen) atoms. The SMILES string of the molecule is CC1=C(c2ccc(NC(=O)c3ccc(F)cc3F)nc2)CN(C(=N)N=N)CC1. The zero-order chi connectivity index (χ0) is 20.3. The first-order chi connectivity index (χ1) is 13.4. The second kappa shape index (κ2) is 8.03. The number of anilines is 1. The Bertz CT molecular complexity index is 971. The number of hydrogen-bond acceptors (Lipinski definition) is 4. The van der Waals surface area contributed by atoms with Gasteiger partial charge in [0.1, 0.15) is 17.5 Å². The fraction of sp³-hybridized carbons (Fsp3) is 0.211. The molecule has 1 aliphatic heterocycles. The predicted octanol–water partition coefficient (Wildman–Crippen LogP) is 4.06. The number of rotatable bonds is 3. The van der Waals surface area contributed by atoms with Gasteiger partial charge >= 0.3 is 0 Å². The summed E-state index contributed by atoms with van der Waals surface area (Å²) in [7, 11) is 0. The molecule has 0 radical (unpaired) electrons. The Morgan fingerprint density at radius 2 is 2.07 bits per heavy atom. The lowest BCUT2D eigenvalue weighted by Gasteiger charge is -2.29. The Balaban J connectivity index is 1.75. The number of halogens is 2. The highest BCUT2D eigenvalue weighted by molar-refractivity contribution is 6.04. The van der Waals surface area contributed by atoms with Gasteiger partial charge in [0.15, 0.2) is 0 Å². The summed E-state index contributed by atoms with van der Waals surface area (Å²) in [5.74, 6) is -2.28. The summed E-state index contributed by atoms with van der Waals surface area (Å²) in [5.41, 5.74) is 9.69. The van der Waals surface area contributed by atoms with E-state index in [4.69, 9.17) is 10.9 Å². The average molecular weight is 384 g/mol. The van der Waals surface area contributed by atoms with Crippen molar-refractivity contribution in [3.8, 4) is 0 Å². The van der Waals surface area contributed by atoms with Crippen molar-refractivity contribution in [2.24, 2.45) is 5.11 Å². The van der Waals surface area contributed by atoms with E-state index in [0.29, 0.717) is 19.2 Å². The number of aromatic nitrogens is 1. The molecule has 1 aromatic carbocycles. The van der Waals surface area contributed by atoms with Crippen LogP contribution in [0.5, 0.6) is 0 Å². The molecule has 0 saturated carbocycles. The Kier molecular flexibility index (Phi) is 5.53. The van der Waals surface area contributed by atoms with E-state index >= 15 is 0 Å². The van der Waals surface area contributed by atoms with Gasteiger partial charge in [0.05, 0.1) is 5.56 Å². The van der Waals surface area contributed by atoms with Crippen molar-refractivity contribution in [1.29, 1.82) is 10.9 Å². The fourth-order valence-electron chi connectivity index (χ4n) is 2.95. The molecule has 7 nitrogen and oxygen atoms in total. The molecule has 0 spiro atoms. The van der Waals surface area contributed by atoms with Gasteiger partial charge < -0.3 is 10.2 Å². The van der Waals surface area contributed by atoms with Crippen molar-refractivity contribution < 1.29 is 13.6 Å². The van der Waals surface area contributed by atoms with E-state index in [1.807, 2.05) is 6.92 Å². The average Bonchev–Trinajstić information content (AvgIpc) is 2.68. The van der Waals surface area contributed by atoms with Crippen molar-refractivity contribution in [3.05, 3.63) is 64.9 Å². The van der Waals surface area contributed by atoms with Crippen LogP contribution >= 0.6 is 0 Å². The third-order valence-electron chi connectivity index (χ3n) is 4.56. The largest absolute Gasteiger partial charge is 0.335 e. The highest BCUT2D eigenvalue weighted by Gasteiger charge is 2.20. The monoisotopic (exact) mass is 384 g/mol. The lowest BCUT2D eigenvalue weighted by Crippen LogP contribution is -2.34. The van der Waals surface area contributed by atoms with Gasteiger partial charge in [0.2, 0.25) is 5.96 Å². The van der Waals surface area contributed by atoms with E-state index < -0.39 is 17.5 Å². The lowest BCUT2D eigenvalue weighted by molar-refractivity contribution is 0.102. The number of nitrogens with one attached hydrogen (secondary N) is 3. The Labute approximate surface area is 160 Å². The molecule has 0 unspecified atom stereocenters. The third kappa shape index (κ3) is 4.08. The molecule has 1 aromatic heterocycles. The summed E-state index contributed by atoms with van der Waals surface area (Å²) in [6, 6.07) is 6.10. The maximum atomic E-state index is 13.7. The summed E-state index contributed by atoms with van der Waals surface area (Å²) in [5, 5.41) is 13.4. The van der Waals surface area contributed by atoms with Crippen molar-refractivity contribution in [3.63, 3.8) is 0 Å². The molecule has 0 atom stereocenters. The van der Waals surface area contributed by atoms with Crippen LogP contribution in [0.1, 0.15) is 29.3 Å². The molecule has 3 N–H and O–H groups in total. The van der Waals surface area contributed by atoms with Gasteiger partial charge in [-0.1, -0.05) is 5.57 Å². The van der Waals surface area contributed by atoms with Crippen LogP contribution in [0.2, 0.25) is 0 Å². The van der Waals surface area contributed by atoms with Gasteiger partial charge in [-0.05, 0) is 48.7 Å². The first-order valence-corrected chi connectivity index (χ1v) is 8.51. The van der Waals surface area contributed by atoms with Crippen molar-refractivity contribution >= 4 is 23.3 Å². The smallest absolute Gasteiger partial charge is 0.259 e. The van der Waals surface area contributed by atoms with E-state index in [0.717, 1.165) is 35.3 Å². The molecule has 144 valence electrons. The van der Waals surface area contributed by atoms with E-state index in [1.165, 1.54) is 0 Å². The topological polar surface area (TPSA) is 105 Å². The molecule has 1 aliphatic rings. The predicted molar refractivity (Wildman–Crippen MR) is 100 cm³/mol. The van der Waals surface area contributed by atoms with Gasteiger partial charge in [-0.2, -0.15) is 0 Å². The number of nitrogens with zero attached hydrogens (tertiary/aromatic N) is 3. The summed E-state index contributed by atoms with van der Waals surface area (Å²) in [6.07, 6.45) is 2.33. The molecule has 3 rings (SSSR count). The second-order valence-electron chi connectivity index (χ2n) is 6.38. The zero-order valence-electron chi connectivity index (χ0n) is 15.1. The Morgan fingerprint density at radius 1 is 1.29 bits per heavy atom. The van der Waals surface area contributed by atoms with Crippen molar-refractivity contribution in [1.82, 2.24) is 9.88 Å². The quantitative estimate of drug-likeness (QED) is 0.422. The van der Waals surface area contributed by atoms with E-state index in [-0.39, 0.29) is 17.3 Å². The highest BCUT2D eigenvalue weighted by Crippen LogP contribution is 2.27. The van der Waals surface area contributed by atoms with Crippen LogP contribution < -0.4 is 5.32 Å². The Morgan fingerprint density at radius 3 is 2.71 bits per heavy atom. The number of amides is 1. The number of carbonyl (C=O) groups excluding carboxylic acids is 1. The van der Waals surface area contributed by atoms with Crippen LogP contribution in [0, 0.1) is 22.6 Å². The van der Waals surface area contributed by atoms with E-state index in [2.05, 4.69) is 15.4 Å². The van der Waals surface area contributed by atoms with Crippen molar-refractivity contribution in [2.45, 2.75) is 13.3 Å². The summed E-state index contributed by atoms with van der Waals surface area (Å²) in [4.78, 5) is 18.0. The lowest BCUT2D eigenvalue weighted by atomic mass is 9.96. The fourth-order valence-corrected chi connectivity index (χ4v) is 2.95. The summed E-state index contributed by atoms with van der Waals surface area (Å²) < 4.78 is 26.7. The van der Waals surface area contributed by atoms with Gasteiger partial charge in [0.25, 0.3) is 5.91 Å². The van der Waals surface area contributed by atoms with Crippen LogP contribution in [-0.2, 0) is 0 Å². The minimum absolute atomic E-state index is 0.0943. The molecular formula is C19H18F2N6O. The third-order valence-corrected chi connectivity index (χ3v) is 4.56. The number of benzene rings is 1. The van der Waals surface area contributed by atoms with Crippen LogP contribution in [0.4, 0.5) is 14.6 Å². The van der Waals surface area contributed by atoms with Crippen molar-refractivity contribution in [2.75, 3.05) is 18.4 Å². The minimum Gasteiger partial charge on any atom is -0.335 e. The molecule has 0 aliphatic carbocycles. The number of hydrogen-bond donors (Lipinski definition) is 3. The molecule has 9 heteroatoms. The summed E-state index contributed by atoms with van der Waals surface area (Å²) >= 11 is 0. The minimum atomic E-state index is -0.945. The second-order valence-corrected chi connectivity index (χ2v) is 6.38. The van der Waals surface area contributed by atoms with Crippen LogP contribution in [0.25, 0.3) is 5.57 Å². The molecular weight excluding hydrogens is 366 g/mol. The maximum absolute atomic E-state index is 13.7. The first kappa shape index (κ1) is 19.3. The molecule has 2 heterocycles. The number of guanidine groups is 1. The molecule has 0 saturated heterocycles. The highest BCUT2D eigenvalue weighted by atomic mass is 19.1. The summed E-state index contributed by atoms with van der Waals surface area (Å²) in [6.45, 7) is 3.07. The van der Waals surface area contributed by atoms with Gasteiger partial charge in [-0.15, -0.1) is 5.11 Å². The van der Waals surface area contributed by atoms with Gasteiger partial charge in [-0.3, -0.25) is 10.2 Å². The maximum Gasteiger partial charge on any atom is 0.259 e. The van der Waals surface area contributed by atoms with Crippen LogP contribution in [-0.4, -0.2) is 34.8 Å². The van der Waals surface area contributed by atoms with E-state index in [9.17, 15) is 13.6 Å². The number of pyridine rings is 1. The molecule has 0 fully saturated rings. The normalized spacial score (nSPS) is 14.0. The standard InChI is InChI=1S/C19H18F2N6O/c1-11-6-7-27(19(22)26-23)10-15(11)12-2-5-17(24-9-12)25-18(28)14-4-3-13(20)8-16(14)21/h2-5,8-9,22-23H,6-7,10H2,1H3,(H,24,25,28).